The smallest absolute Gasteiger partial charge is 0.346 e. The monoisotopic (exact) mass is 412 g/mol. The number of nitrogens with zero attached hydrogens (tertiary/aromatic N) is 3. The highest BCUT2D eigenvalue weighted by Gasteiger charge is 2.39. The molecular weight excluding hydrogens is 393 g/mol. The van der Waals surface area contributed by atoms with Crippen molar-refractivity contribution in [3.63, 3.8) is 0 Å². The van der Waals surface area contributed by atoms with Gasteiger partial charge in [0.05, 0.1) is 35.4 Å². The van der Waals surface area contributed by atoms with Crippen molar-refractivity contribution in [3.05, 3.63) is 71.9 Å². The predicted octanol–water partition coefficient (Wildman–Crippen LogP) is 4.70. The van der Waals surface area contributed by atoms with Gasteiger partial charge in [-0.2, -0.15) is 13.2 Å². The normalized spacial score (nSPS) is 16.9. The van der Waals surface area contributed by atoms with Crippen molar-refractivity contribution in [2.75, 3.05) is 0 Å². The molecule has 2 aromatic heterocycles. The predicted molar refractivity (Wildman–Crippen MR) is 106 cm³/mol. The highest BCUT2D eigenvalue weighted by atomic mass is 19.4. The summed E-state index contributed by atoms with van der Waals surface area (Å²) in [7, 11) is 0. The molecule has 1 unspecified atom stereocenters. The van der Waals surface area contributed by atoms with Crippen LogP contribution in [0, 0.1) is 5.92 Å². The quantitative estimate of drug-likeness (QED) is 0.675. The maximum Gasteiger partial charge on any atom is 0.392 e. The van der Waals surface area contributed by atoms with Gasteiger partial charge in [0.1, 0.15) is 0 Å². The van der Waals surface area contributed by atoms with E-state index in [1.165, 1.54) is 6.20 Å². The zero-order chi connectivity index (χ0) is 21.1. The molecule has 0 saturated heterocycles. The van der Waals surface area contributed by atoms with Crippen molar-refractivity contribution in [1.82, 2.24) is 20.3 Å². The Morgan fingerprint density at radius 1 is 1.17 bits per heavy atom. The van der Waals surface area contributed by atoms with Crippen molar-refractivity contribution >= 4 is 22.4 Å². The number of pyridine rings is 1. The summed E-state index contributed by atoms with van der Waals surface area (Å²) in [6, 6.07) is 7.27. The third-order valence-electron chi connectivity index (χ3n) is 5.24. The fraction of sp³-hybridized carbons (Fsp3) is 0.273. The first-order valence-electron chi connectivity index (χ1n) is 9.60. The summed E-state index contributed by atoms with van der Waals surface area (Å²) in [5, 5.41) is 3.54. The lowest BCUT2D eigenvalue weighted by Gasteiger charge is -2.24. The molecule has 0 bridgehead atoms. The molecule has 1 N–H and O–H groups in total. The minimum absolute atomic E-state index is 0.0158. The van der Waals surface area contributed by atoms with Gasteiger partial charge >= 0.3 is 6.18 Å². The molecule has 4 rings (SSSR count). The fourth-order valence-corrected chi connectivity index (χ4v) is 3.61. The Hall–Kier alpha value is -3.29. The summed E-state index contributed by atoms with van der Waals surface area (Å²) in [6.07, 6.45) is 4.09. The highest BCUT2D eigenvalue weighted by molar-refractivity contribution is 5.99. The maximum absolute atomic E-state index is 12.9. The molecule has 1 aromatic carbocycles. The number of halogens is 3. The van der Waals surface area contributed by atoms with Crippen LogP contribution in [0.4, 0.5) is 13.2 Å². The number of nitrogens with one attached hydrogen (secondary N) is 1. The Kier molecular flexibility index (Phi) is 5.48. The lowest BCUT2D eigenvalue weighted by molar-refractivity contribution is -0.175. The number of carbonyl (C=O) groups is 1. The van der Waals surface area contributed by atoms with E-state index in [2.05, 4.69) is 20.3 Å². The number of amides is 1. The second-order valence-electron chi connectivity index (χ2n) is 7.22. The molecule has 0 spiro atoms. The topological polar surface area (TPSA) is 67.8 Å². The van der Waals surface area contributed by atoms with Crippen molar-refractivity contribution in [2.24, 2.45) is 5.92 Å². The van der Waals surface area contributed by atoms with Crippen LogP contribution in [0.15, 0.2) is 55.1 Å². The first-order valence-corrected chi connectivity index (χ1v) is 9.60. The lowest BCUT2D eigenvalue weighted by atomic mass is 9.85. The van der Waals surface area contributed by atoms with E-state index in [0.29, 0.717) is 23.2 Å². The van der Waals surface area contributed by atoms with E-state index in [9.17, 15) is 18.0 Å². The Labute approximate surface area is 171 Å². The summed E-state index contributed by atoms with van der Waals surface area (Å²) >= 11 is 0. The Morgan fingerprint density at radius 3 is 2.73 bits per heavy atom. The van der Waals surface area contributed by atoms with Crippen LogP contribution in [0.3, 0.4) is 0 Å². The summed E-state index contributed by atoms with van der Waals surface area (Å²) < 4.78 is 38.8. The molecule has 154 valence electrons. The number of para-hydroxylation sites is 1. The zero-order valence-corrected chi connectivity index (χ0v) is 16.0. The van der Waals surface area contributed by atoms with Gasteiger partial charge in [-0.25, -0.2) is 0 Å². The molecule has 2 heterocycles. The molecule has 5 nitrogen and oxygen atoms in total. The van der Waals surface area contributed by atoms with Crippen molar-refractivity contribution in [1.29, 1.82) is 0 Å². The van der Waals surface area contributed by atoms with Gasteiger partial charge in [0.25, 0.3) is 5.91 Å². The molecule has 1 aliphatic rings. The van der Waals surface area contributed by atoms with Gasteiger partial charge in [0.2, 0.25) is 0 Å². The summed E-state index contributed by atoms with van der Waals surface area (Å²) in [6.45, 7) is 0.248. The van der Waals surface area contributed by atoms with E-state index in [4.69, 9.17) is 0 Å². The average Bonchev–Trinajstić information content (AvgIpc) is 2.77. The fourth-order valence-electron chi connectivity index (χ4n) is 3.61. The molecule has 0 radical (unpaired) electrons. The van der Waals surface area contributed by atoms with Crippen molar-refractivity contribution in [2.45, 2.75) is 32.0 Å². The molecule has 8 heteroatoms. The van der Waals surface area contributed by atoms with Gasteiger partial charge in [0, 0.05) is 29.5 Å². The van der Waals surface area contributed by atoms with Crippen LogP contribution in [-0.4, -0.2) is 27.0 Å². The van der Waals surface area contributed by atoms with Crippen LogP contribution < -0.4 is 5.32 Å². The largest absolute Gasteiger partial charge is 0.392 e. The Balaban J connectivity index is 1.54. The minimum atomic E-state index is -4.16. The Morgan fingerprint density at radius 2 is 2.03 bits per heavy atom. The molecule has 3 aromatic rings. The number of alkyl halides is 3. The van der Waals surface area contributed by atoms with Gasteiger partial charge in [-0.15, -0.1) is 0 Å². The third-order valence-corrected chi connectivity index (χ3v) is 5.24. The number of benzene rings is 1. The first kappa shape index (κ1) is 20.0. The summed E-state index contributed by atoms with van der Waals surface area (Å²) in [5.41, 5.74) is 3.41. The zero-order valence-electron chi connectivity index (χ0n) is 16.0. The highest BCUT2D eigenvalue weighted by Crippen LogP contribution is 2.40. The van der Waals surface area contributed by atoms with Crippen molar-refractivity contribution in [3.8, 4) is 0 Å². The Bertz CT molecular complexity index is 1100. The maximum atomic E-state index is 12.9. The van der Waals surface area contributed by atoms with Crippen LogP contribution in [0.2, 0.25) is 0 Å². The van der Waals surface area contributed by atoms with Gasteiger partial charge in [0.15, 0.2) is 0 Å². The van der Waals surface area contributed by atoms with Gasteiger partial charge in [-0.1, -0.05) is 24.3 Å². The van der Waals surface area contributed by atoms with Gasteiger partial charge in [-0.05, 0) is 30.9 Å². The average molecular weight is 412 g/mol. The SMILES string of the molecule is O=C(NCc1cnccn1)c1cnc2c(C3=CCC(C(F)(F)F)CC3)cccc2c1. The minimum Gasteiger partial charge on any atom is -0.346 e. The molecule has 30 heavy (non-hydrogen) atoms. The number of fused-ring (bicyclic) bond motifs is 1. The lowest BCUT2D eigenvalue weighted by Crippen LogP contribution is -2.24. The summed E-state index contributed by atoms with van der Waals surface area (Å²) in [5.74, 6) is -1.57. The van der Waals surface area contributed by atoms with Crippen LogP contribution >= 0.6 is 0 Å². The second kappa shape index (κ2) is 8.22. The second-order valence-corrected chi connectivity index (χ2v) is 7.22. The molecule has 1 aliphatic carbocycles. The first-order chi connectivity index (χ1) is 14.4. The van der Waals surface area contributed by atoms with E-state index in [0.717, 1.165) is 16.5 Å². The summed E-state index contributed by atoms with van der Waals surface area (Å²) in [4.78, 5) is 25.0. The number of rotatable bonds is 4. The van der Waals surface area contributed by atoms with Gasteiger partial charge in [-0.3, -0.25) is 19.7 Å². The molecular formula is C22H19F3N4O. The van der Waals surface area contributed by atoms with E-state index in [-0.39, 0.29) is 25.3 Å². The number of hydrogen-bond acceptors (Lipinski definition) is 4. The van der Waals surface area contributed by atoms with Crippen LogP contribution in [-0.2, 0) is 6.54 Å². The van der Waals surface area contributed by atoms with Crippen LogP contribution in [0.25, 0.3) is 16.5 Å². The van der Waals surface area contributed by atoms with E-state index in [1.807, 2.05) is 18.2 Å². The van der Waals surface area contributed by atoms with E-state index >= 15 is 0 Å². The molecule has 1 amide bonds. The number of hydrogen-bond donors (Lipinski definition) is 1. The molecule has 1 atom stereocenters. The molecule has 0 fully saturated rings. The van der Waals surface area contributed by atoms with Gasteiger partial charge < -0.3 is 5.32 Å². The van der Waals surface area contributed by atoms with Crippen molar-refractivity contribution < 1.29 is 18.0 Å². The van der Waals surface area contributed by atoms with E-state index < -0.39 is 12.1 Å². The number of aromatic nitrogens is 3. The van der Waals surface area contributed by atoms with Crippen LogP contribution in [0.5, 0.6) is 0 Å². The molecule has 0 saturated carbocycles. The van der Waals surface area contributed by atoms with E-state index in [1.54, 1.807) is 30.7 Å². The van der Waals surface area contributed by atoms with Crippen LogP contribution in [0.1, 0.15) is 40.9 Å². The number of carbonyl (C=O) groups excluding carboxylic acids is 1. The number of allylic oxidation sites excluding steroid dienone is 2. The third kappa shape index (κ3) is 4.32. The molecule has 0 aliphatic heterocycles. The standard InChI is InChI=1S/C22H19F3N4O/c23-22(24,25)17-6-4-14(5-7-17)19-3-1-2-15-10-16(11-28-20(15)19)21(30)29-13-18-12-26-8-9-27-18/h1-4,8-12,17H,5-7,13H2,(H,29,30).